The number of sulfonamides is 2. The van der Waals surface area contributed by atoms with Crippen molar-refractivity contribution in [3.8, 4) is 0 Å². The van der Waals surface area contributed by atoms with Crippen molar-refractivity contribution in [2.24, 2.45) is 0 Å². The summed E-state index contributed by atoms with van der Waals surface area (Å²) >= 11 is 6.07. The van der Waals surface area contributed by atoms with E-state index in [2.05, 4.69) is 4.72 Å². The van der Waals surface area contributed by atoms with Gasteiger partial charge in [0.05, 0.1) is 10.7 Å². The molecular formula is C17H18ClFN2O4S2. The van der Waals surface area contributed by atoms with E-state index in [9.17, 15) is 21.2 Å². The Balaban J connectivity index is 1.95. The molecule has 0 bridgehead atoms. The van der Waals surface area contributed by atoms with Crippen LogP contribution in [-0.4, -0.2) is 34.2 Å². The number of rotatable bonds is 5. The van der Waals surface area contributed by atoms with Crippen LogP contribution in [-0.2, 0) is 20.0 Å². The Morgan fingerprint density at radius 1 is 0.926 bits per heavy atom. The van der Waals surface area contributed by atoms with Gasteiger partial charge in [0.1, 0.15) is 15.6 Å². The predicted molar refractivity (Wildman–Crippen MR) is 101 cm³/mol. The maximum Gasteiger partial charge on any atom is 0.264 e. The molecule has 2 aromatic rings. The molecule has 27 heavy (non-hydrogen) atoms. The lowest BCUT2D eigenvalue weighted by Gasteiger charge is -2.26. The van der Waals surface area contributed by atoms with E-state index < -0.39 is 30.8 Å². The number of piperidine rings is 1. The minimum Gasteiger partial charge on any atom is -0.279 e. The number of anilines is 1. The summed E-state index contributed by atoms with van der Waals surface area (Å²) in [4.78, 5) is -0.708. The number of hydrogen-bond donors (Lipinski definition) is 1. The molecular weight excluding hydrogens is 415 g/mol. The molecule has 0 spiro atoms. The Bertz CT molecular complexity index is 1050. The van der Waals surface area contributed by atoms with Crippen LogP contribution in [0.1, 0.15) is 19.3 Å². The molecule has 2 aromatic carbocycles. The molecule has 1 saturated heterocycles. The second-order valence-electron chi connectivity index (χ2n) is 6.15. The fourth-order valence-electron chi connectivity index (χ4n) is 2.88. The number of hydrogen-bond acceptors (Lipinski definition) is 4. The van der Waals surface area contributed by atoms with Crippen molar-refractivity contribution in [2.45, 2.75) is 29.1 Å². The Kier molecular flexibility index (Phi) is 5.76. The van der Waals surface area contributed by atoms with Gasteiger partial charge in [-0.2, -0.15) is 4.31 Å². The first-order chi connectivity index (χ1) is 12.7. The van der Waals surface area contributed by atoms with E-state index in [1.165, 1.54) is 28.6 Å². The first-order valence-corrected chi connectivity index (χ1v) is 11.6. The minimum absolute atomic E-state index is 0.00517. The van der Waals surface area contributed by atoms with Gasteiger partial charge in [-0.05, 0) is 43.2 Å². The number of benzene rings is 2. The normalized spacial score (nSPS) is 16.2. The van der Waals surface area contributed by atoms with E-state index >= 15 is 0 Å². The van der Waals surface area contributed by atoms with E-state index in [-0.39, 0.29) is 15.6 Å². The van der Waals surface area contributed by atoms with Crippen LogP contribution < -0.4 is 4.72 Å². The molecule has 0 aliphatic carbocycles. The highest BCUT2D eigenvalue weighted by molar-refractivity contribution is 7.92. The van der Waals surface area contributed by atoms with Crippen LogP contribution in [0, 0.1) is 5.82 Å². The van der Waals surface area contributed by atoms with E-state index in [4.69, 9.17) is 11.6 Å². The summed E-state index contributed by atoms with van der Waals surface area (Å²) in [5, 5.41) is -0.00517. The minimum atomic E-state index is -4.22. The Morgan fingerprint density at radius 2 is 1.59 bits per heavy atom. The summed E-state index contributed by atoms with van der Waals surface area (Å²) in [5.41, 5.74) is -0.0155. The lowest BCUT2D eigenvalue weighted by molar-refractivity contribution is 0.346. The molecule has 0 unspecified atom stereocenters. The summed E-state index contributed by atoms with van der Waals surface area (Å²) < 4.78 is 67.9. The average Bonchev–Trinajstić information content (AvgIpc) is 2.64. The van der Waals surface area contributed by atoms with Crippen molar-refractivity contribution in [3.05, 3.63) is 53.3 Å². The van der Waals surface area contributed by atoms with E-state index in [0.717, 1.165) is 37.5 Å². The molecule has 0 radical (unpaired) electrons. The van der Waals surface area contributed by atoms with Crippen molar-refractivity contribution in [1.82, 2.24) is 4.31 Å². The molecule has 1 fully saturated rings. The third-order valence-electron chi connectivity index (χ3n) is 4.24. The monoisotopic (exact) mass is 432 g/mol. The zero-order valence-corrected chi connectivity index (χ0v) is 16.6. The van der Waals surface area contributed by atoms with Gasteiger partial charge < -0.3 is 0 Å². The van der Waals surface area contributed by atoms with Gasteiger partial charge in [-0.1, -0.05) is 30.2 Å². The van der Waals surface area contributed by atoms with Crippen LogP contribution in [0.5, 0.6) is 0 Å². The molecule has 0 saturated carbocycles. The van der Waals surface area contributed by atoms with Crippen LogP contribution in [0.3, 0.4) is 0 Å². The SMILES string of the molecule is O=S(=O)(Nc1ccc(Cl)c(S(=O)(=O)N2CCCCC2)c1)c1ccccc1F. The topological polar surface area (TPSA) is 83.5 Å². The molecule has 0 aromatic heterocycles. The molecule has 0 atom stereocenters. The van der Waals surface area contributed by atoms with E-state index in [1.54, 1.807) is 0 Å². The Hall–Kier alpha value is -1.68. The van der Waals surface area contributed by atoms with Gasteiger partial charge in [-0.15, -0.1) is 0 Å². The van der Waals surface area contributed by atoms with Crippen LogP contribution in [0.4, 0.5) is 10.1 Å². The zero-order valence-electron chi connectivity index (χ0n) is 14.2. The summed E-state index contributed by atoms with van der Waals surface area (Å²) in [5.74, 6) is -0.903. The molecule has 6 nitrogen and oxygen atoms in total. The fraction of sp³-hybridized carbons (Fsp3) is 0.294. The maximum atomic E-state index is 13.8. The fourth-order valence-corrected chi connectivity index (χ4v) is 6.03. The van der Waals surface area contributed by atoms with Gasteiger partial charge in [0.15, 0.2) is 0 Å². The highest BCUT2D eigenvalue weighted by Crippen LogP contribution is 2.30. The van der Waals surface area contributed by atoms with Crippen molar-refractivity contribution in [3.63, 3.8) is 0 Å². The van der Waals surface area contributed by atoms with Crippen LogP contribution in [0.15, 0.2) is 52.3 Å². The van der Waals surface area contributed by atoms with Gasteiger partial charge in [-0.25, -0.2) is 21.2 Å². The van der Waals surface area contributed by atoms with Gasteiger partial charge in [0.25, 0.3) is 10.0 Å². The second-order valence-corrected chi connectivity index (χ2v) is 10.1. The Morgan fingerprint density at radius 3 is 2.26 bits per heavy atom. The van der Waals surface area contributed by atoms with Gasteiger partial charge in [0.2, 0.25) is 10.0 Å². The number of nitrogens with one attached hydrogen (secondary N) is 1. The molecule has 10 heteroatoms. The second kappa shape index (κ2) is 7.75. The molecule has 1 heterocycles. The molecule has 1 aliphatic rings. The highest BCUT2D eigenvalue weighted by Gasteiger charge is 2.29. The number of nitrogens with zero attached hydrogens (tertiary/aromatic N) is 1. The molecule has 1 aliphatic heterocycles. The summed E-state index contributed by atoms with van der Waals surface area (Å²) in [6.45, 7) is 0.785. The van der Waals surface area contributed by atoms with Crippen molar-refractivity contribution >= 4 is 37.3 Å². The standard InChI is InChI=1S/C17H18ClFN2O4S2/c18-14-9-8-13(20-26(22,23)16-7-3-2-6-15(16)19)12-17(14)27(24,25)21-10-4-1-5-11-21/h2-3,6-9,12,20H,1,4-5,10-11H2. The van der Waals surface area contributed by atoms with Gasteiger partial charge in [-0.3, -0.25) is 4.72 Å². The molecule has 1 N–H and O–H groups in total. The van der Waals surface area contributed by atoms with Crippen LogP contribution in [0.2, 0.25) is 5.02 Å². The lowest BCUT2D eigenvalue weighted by atomic mass is 10.2. The van der Waals surface area contributed by atoms with Crippen molar-refractivity contribution in [2.75, 3.05) is 17.8 Å². The first kappa shape index (κ1) is 20.1. The number of halogens is 2. The molecule has 146 valence electrons. The smallest absolute Gasteiger partial charge is 0.264 e. The maximum absolute atomic E-state index is 13.8. The Labute approximate surface area is 163 Å². The van der Waals surface area contributed by atoms with E-state index in [1.807, 2.05) is 0 Å². The summed E-state index contributed by atoms with van der Waals surface area (Å²) in [6.07, 6.45) is 2.48. The van der Waals surface area contributed by atoms with Gasteiger partial charge in [0, 0.05) is 13.1 Å². The quantitative estimate of drug-likeness (QED) is 0.784. The predicted octanol–water partition coefficient (Wildman–Crippen LogP) is 3.45. The third kappa shape index (κ3) is 4.26. The van der Waals surface area contributed by atoms with Crippen molar-refractivity contribution in [1.29, 1.82) is 0 Å². The average molecular weight is 433 g/mol. The van der Waals surface area contributed by atoms with Crippen molar-refractivity contribution < 1.29 is 21.2 Å². The molecule has 3 rings (SSSR count). The first-order valence-electron chi connectivity index (χ1n) is 8.29. The summed E-state index contributed by atoms with van der Waals surface area (Å²) in [7, 11) is -8.07. The van der Waals surface area contributed by atoms with Gasteiger partial charge >= 0.3 is 0 Å². The van der Waals surface area contributed by atoms with Crippen LogP contribution >= 0.6 is 11.6 Å². The highest BCUT2D eigenvalue weighted by atomic mass is 35.5. The largest absolute Gasteiger partial charge is 0.279 e. The van der Waals surface area contributed by atoms with E-state index in [0.29, 0.717) is 13.1 Å². The zero-order chi connectivity index (χ0) is 19.7. The molecule has 0 amide bonds. The third-order valence-corrected chi connectivity index (χ3v) is 8.04. The summed E-state index contributed by atoms with van der Waals surface area (Å²) in [6, 6.07) is 8.71. The lowest BCUT2D eigenvalue weighted by Crippen LogP contribution is -2.35. The van der Waals surface area contributed by atoms with Crippen LogP contribution in [0.25, 0.3) is 0 Å².